The van der Waals surface area contributed by atoms with Gasteiger partial charge in [0.1, 0.15) is 0 Å². The number of nitrogens with zero attached hydrogens (tertiary/aromatic N) is 3. The van der Waals surface area contributed by atoms with Crippen LogP contribution in [0.1, 0.15) is 0 Å². The van der Waals surface area contributed by atoms with Crippen LogP contribution in [0, 0.1) is 0 Å². The molecule has 228 valence electrons. The quantitative estimate of drug-likeness (QED) is 0.136. The van der Waals surface area contributed by atoms with Crippen molar-refractivity contribution < 1.29 is 0 Å². The van der Waals surface area contributed by atoms with E-state index in [1.807, 2.05) is 60.7 Å². The second-order valence-electron chi connectivity index (χ2n) is 12.4. The summed E-state index contributed by atoms with van der Waals surface area (Å²) in [5.41, 5.74) is 5.44. The van der Waals surface area contributed by atoms with E-state index in [4.69, 9.17) is 15.0 Å². The van der Waals surface area contributed by atoms with Gasteiger partial charge in [-0.05, 0) is 0 Å². The van der Waals surface area contributed by atoms with Gasteiger partial charge in [-0.15, -0.1) is 0 Å². The van der Waals surface area contributed by atoms with E-state index in [-0.39, 0.29) is 14.5 Å². The number of rotatable bonds is 4. The van der Waals surface area contributed by atoms with Crippen LogP contribution in [0.3, 0.4) is 0 Å². The topological polar surface area (TPSA) is 38.7 Å². The molecule has 10 aromatic rings. The van der Waals surface area contributed by atoms with Crippen LogP contribution in [0.2, 0.25) is 0 Å². The zero-order chi connectivity index (χ0) is 32.3. The molecule has 0 saturated carbocycles. The van der Waals surface area contributed by atoms with Crippen LogP contribution >= 0.6 is 0 Å². The Morgan fingerprint density at radius 2 is 0.878 bits per heavy atom. The number of hydrogen-bond acceptors (Lipinski definition) is 3. The second kappa shape index (κ2) is 11.3. The molecule has 8 aromatic carbocycles. The van der Waals surface area contributed by atoms with Crippen molar-refractivity contribution in [1.29, 1.82) is 0 Å². The summed E-state index contributed by atoms with van der Waals surface area (Å²) in [6, 6.07) is 58.4. The number of benzene rings is 8. The van der Waals surface area contributed by atoms with Crippen LogP contribution < -0.4 is 0 Å². The summed E-state index contributed by atoms with van der Waals surface area (Å²) in [6.07, 6.45) is 0. The summed E-state index contributed by atoms with van der Waals surface area (Å²) in [5.74, 6) is 2.00. The smallest absolute Gasteiger partial charge is 0.0615 e. The van der Waals surface area contributed by atoms with E-state index < -0.39 is 0 Å². The van der Waals surface area contributed by atoms with Crippen molar-refractivity contribution in [2.45, 2.75) is 0 Å². The van der Waals surface area contributed by atoms with Crippen LogP contribution in [-0.2, 0) is 0 Å². The molecule has 10 rings (SSSR count). The first kappa shape index (κ1) is 28.1. The van der Waals surface area contributed by atoms with Gasteiger partial charge in [-0.25, -0.2) is 0 Å². The Bertz CT molecular complexity index is 2820. The van der Waals surface area contributed by atoms with Crippen molar-refractivity contribution in [2.75, 3.05) is 0 Å². The predicted molar refractivity (Wildman–Crippen MR) is 206 cm³/mol. The molecule has 0 aliphatic carbocycles. The zero-order valence-corrected chi connectivity index (χ0v) is 28.1. The van der Waals surface area contributed by atoms with Gasteiger partial charge in [0.05, 0.1) is 0 Å². The summed E-state index contributed by atoms with van der Waals surface area (Å²) in [7, 11) is 0. The molecule has 0 aliphatic rings. The molecule has 2 heterocycles. The van der Waals surface area contributed by atoms with E-state index in [1.54, 1.807) is 0 Å². The van der Waals surface area contributed by atoms with Gasteiger partial charge in [-0.1, -0.05) is 36.4 Å². The second-order valence-corrected chi connectivity index (χ2v) is 14.6. The normalized spacial score (nSPS) is 11.7. The third-order valence-corrected chi connectivity index (χ3v) is 12.1. The van der Waals surface area contributed by atoms with Crippen LogP contribution in [-0.4, -0.2) is 29.5 Å². The van der Waals surface area contributed by atoms with Gasteiger partial charge >= 0.3 is 254 Å². The third kappa shape index (κ3) is 4.76. The maximum absolute atomic E-state index is 4.98. The first-order valence-electron chi connectivity index (χ1n) is 16.4. The molecule has 0 spiro atoms. The molecule has 2 aromatic heterocycles. The van der Waals surface area contributed by atoms with Gasteiger partial charge in [0.15, 0.2) is 0 Å². The Balaban J connectivity index is 1.14. The summed E-state index contributed by atoms with van der Waals surface area (Å²) < 4.78 is 2.95. The Kier molecular flexibility index (Phi) is 6.51. The molecule has 0 radical (unpaired) electrons. The summed E-state index contributed by atoms with van der Waals surface area (Å²) in [4.78, 5) is 14.8. The molecule has 0 amide bonds. The van der Waals surface area contributed by atoms with Crippen molar-refractivity contribution in [3.05, 3.63) is 164 Å². The number of aromatic nitrogens is 3. The standard InChI is InChI=1S/C45H27N3Se/c1-3-11-31(12-4-1)43-46-44(32-13-5-2-6-14-32)48-45(47-43)34-23-19-28-18-22-33(26-35(28)27-34)37-16-9-17-38-39-25-24-30-21-20-29-10-7-8-15-36(29)40(30)42(39)49-41(37)38/h1-27H. The Hall–Kier alpha value is -5.93. The molecule has 0 bridgehead atoms. The summed E-state index contributed by atoms with van der Waals surface area (Å²) in [6.45, 7) is 0. The van der Waals surface area contributed by atoms with Crippen molar-refractivity contribution in [2.24, 2.45) is 0 Å². The summed E-state index contributed by atoms with van der Waals surface area (Å²) >= 11 is 0.175. The first-order chi connectivity index (χ1) is 24.3. The fraction of sp³-hybridized carbons (Fsp3) is 0. The third-order valence-electron chi connectivity index (χ3n) is 9.48. The molecule has 0 fully saturated rings. The van der Waals surface area contributed by atoms with E-state index in [9.17, 15) is 0 Å². The van der Waals surface area contributed by atoms with E-state index in [0.717, 1.165) is 22.1 Å². The van der Waals surface area contributed by atoms with Gasteiger partial charge in [0, 0.05) is 0 Å². The van der Waals surface area contributed by atoms with Gasteiger partial charge in [-0.3, -0.25) is 0 Å². The Morgan fingerprint density at radius 3 is 1.63 bits per heavy atom. The first-order valence-corrected chi connectivity index (χ1v) is 18.2. The van der Waals surface area contributed by atoms with Crippen molar-refractivity contribution in [3.8, 4) is 45.3 Å². The van der Waals surface area contributed by atoms with E-state index in [2.05, 4.69) is 103 Å². The fourth-order valence-corrected chi connectivity index (χ4v) is 10.0. The van der Waals surface area contributed by atoms with Gasteiger partial charge in [0.25, 0.3) is 0 Å². The van der Waals surface area contributed by atoms with Crippen molar-refractivity contribution in [3.63, 3.8) is 0 Å². The monoisotopic (exact) mass is 689 g/mol. The van der Waals surface area contributed by atoms with Gasteiger partial charge in [0.2, 0.25) is 0 Å². The molecular formula is C45H27N3Se. The minimum absolute atomic E-state index is 0.175. The van der Waals surface area contributed by atoms with Crippen LogP contribution in [0.5, 0.6) is 0 Å². The zero-order valence-electron chi connectivity index (χ0n) is 26.3. The minimum Gasteiger partial charge on any atom is -0.0615 e. The number of hydrogen-bond donors (Lipinski definition) is 0. The summed E-state index contributed by atoms with van der Waals surface area (Å²) in [5, 5.41) is 10.5. The van der Waals surface area contributed by atoms with Crippen LogP contribution in [0.4, 0.5) is 0 Å². The van der Waals surface area contributed by atoms with Crippen molar-refractivity contribution >= 4 is 66.1 Å². The molecule has 0 atom stereocenters. The average molecular weight is 689 g/mol. The average Bonchev–Trinajstić information content (AvgIpc) is 3.57. The molecule has 4 heteroatoms. The van der Waals surface area contributed by atoms with E-state index in [1.165, 1.54) is 57.4 Å². The van der Waals surface area contributed by atoms with Crippen LogP contribution in [0.15, 0.2) is 164 Å². The molecule has 0 aliphatic heterocycles. The van der Waals surface area contributed by atoms with Gasteiger partial charge in [-0.2, -0.15) is 0 Å². The van der Waals surface area contributed by atoms with Gasteiger partial charge < -0.3 is 0 Å². The Labute approximate surface area is 288 Å². The molecule has 49 heavy (non-hydrogen) atoms. The minimum atomic E-state index is 0.175. The predicted octanol–water partition coefficient (Wildman–Crippen LogP) is 11.4. The van der Waals surface area contributed by atoms with E-state index in [0.29, 0.717) is 17.5 Å². The fourth-order valence-electron chi connectivity index (χ4n) is 7.06. The molecular weight excluding hydrogens is 661 g/mol. The molecule has 0 N–H and O–H groups in total. The Morgan fingerprint density at radius 1 is 0.327 bits per heavy atom. The van der Waals surface area contributed by atoms with E-state index >= 15 is 0 Å². The molecule has 3 nitrogen and oxygen atoms in total. The number of fused-ring (bicyclic) bond motifs is 8. The SMILES string of the molecule is c1ccc(-c2nc(-c3ccccc3)nc(-c3ccc4ccc(-c5cccc6c5[se]c5c6ccc6ccc7ccccc7c65)cc4c3)n2)cc1. The molecule has 0 unspecified atom stereocenters. The molecule has 0 saturated heterocycles. The van der Waals surface area contributed by atoms with Crippen LogP contribution in [0.25, 0.3) is 96.9 Å². The van der Waals surface area contributed by atoms with Crippen molar-refractivity contribution in [1.82, 2.24) is 15.0 Å². The maximum atomic E-state index is 4.98.